The van der Waals surface area contributed by atoms with Gasteiger partial charge < -0.3 is 9.64 Å². The maximum Gasteiger partial charge on any atom is 0.223 e. The van der Waals surface area contributed by atoms with Crippen molar-refractivity contribution >= 4 is 16.6 Å². The van der Waals surface area contributed by atoms with Crippen molar-refractivity contribution in [3.8, 4) is 28.6 Å². The summed E-state index contributed by atoms with van der Waals surface area (Å²) in [5.41, 5.74) is 7.21. The van der Waals surface area contributed by atoms with Crippen LogP contribution >= 0.6 is 0 Å². The minimum absolute atomic E-state index is 0.116. The summed E-state index contributed by atoms with van der Waals surface area (Å²) in [6, 6.07) is 39.5. The first-order chi connectivity index (χ1) is 25.0. The molecule has 0 amide bonds. The zero-order valence-electron chi connectivity index (χ0n) is 28.2. The predicted octanol–water partition coefficient (Wildman–Crippen LogP) is 9.03. The Kier molecular flexibility index (Phi) is 8.94. The number of hydrogen-bond donors (Lipinski definition) is 0. The second-order valence-electron chi connectivity index (χ2n) is 12.9. The Balaban J connectivity index is 1.09. The van der Waals surface area contributed by atoms with E-state index in [2.05, 4.69) is 51.3 Å². The number of halogens is 2. The van der Waals surface area contributed by atoms with Gasteiger partial charge in [0.05, 0.1) is 17.4 Å². The van der Waals surface area contributed by atoms with Gasteiger partial charge in [-0.3, -0.25) is 4.90 Å². The van der Waals surface area contributed by atoms with Crippen LogP contribution in [0.2, 0.25) is 0 Å². The number of pyridine rings is 1. The number of fused-ring (bicyclic) bond motifs is 1. The highest BCUT2D eigenvalue weighted by atomic mass is 19.1. The van der Waals surface area contributed by atoms with Gasteiger partial charge in [-0.25, -0.2) is 18.4 Å². The highest BCUT2D eigenvalue weighted by Crippen LogP contribution is 2.36. The molecule has 0 radical (unpaired) electrons. The number of aromatic nitrogens is 4. The molecule has 0 aliphatic carbocycles. The summed E-state index contributed by atoms with van der Waals surface area (Å²) in [4.78, 5) is 9.61. The molecule has 254 valence electrons. The first kappa shape index (κ1) is 32.3. The molecule has 1 aliphatic heterocycles. The molecular formula is C42H36F2N6O. The molecule has 1 unspecified atom stereocenters. The zero-order chi connectivity index (χ0) is 34.7. The van der Waals surface area contributed by atoms with Gasteiger partial charge in [-0.1, -0.05) is 65.9 Å². The number of benzene rings is 5. The normalized spacial score (nSPS) is 14.1. The highest BCUT2D eigenvalue weighted by Gasteiger charge is 2.26. The molecule has 1 atom stereocenters. The monoisotopic (exact) mass is 678 g/mol. The average molecular weight is 679 g/mol. The molecular weight excluding hydrogens is 642 g/mol. The summed E-state index contributed by atoms with van der Waals surface area (Å²) in [5.74, 6) is 0.485. The Morgan fingerprint density at radius 2 is 1.43 bits per heavy atom. The van der Waals surface area contributed by atoms with E-state index in [1.54, 1.807) is 16.8 Å². The molecule has 1 saturated heterocycles. The number of anilines is 1. The lowest BCUT2D eigenvalue weighted by atomic mass is 10.0. The van der Waals surface area contributed by atoms with Crippen LogP contribution in [-0.2, 0) is 6.42 Å². The molecule has 1 fully saturated rings. The molecule has 8 rings (SSSR count). The van der Waals surface area contributed by atoms with Gasteiger partial charge in [0.25, 0.3) is 0 Å². The van der Waals surface area contributed by atoms with Crippen molar-refractivity contribution in [1.82, 2.24) is 24.9 Å². The first-order valence-electron chi connectivity index (χ1n) is 17.1. The van der Waals surface area contributed by atoms with Crippen molar-refractivity contribution in [3.05, 3.63) is 162 Å². The molecule has 7 aromatic rings. The minimum Gasteiger partial charge on any atom is -0.438 e. The van der Waals surface area contributed by atoms with Gasteiger partial charge in [0.2, 0.25) is 5.88 Å². The number of ether oxygens (including phenoxy) is 1. The van der Waals surface area contributed by atoms with E-state index >= 15 is 0 Å². The van der Waals surface area contributed by atoms with E-state index in [9.17, 15) is 8.78 Å². The molecule has 2 aromatic heterocycles. The summed E-state index contributed by atoms with van der Waals surface area (Å²) in [6.45, 7) is 5.17. The second kappa shape index (κ2) is 14.1. The summed E-state index contributed by atoms with van der Waals surface area (Å²) in [6.07, 6.45) is 2.52. The van der Waals surface area contributed by atoms with Crippen LogP contribution < -0.4 is 9.64 Å². The Bertz CT molecular complexity index is 2270. The third-order valence-corrected chi connectivity index (χ3v) is 9.58. The fourth-order valence-electron chi connectivity index (χ4n) is 6.75. The fourth-order valence-corrected chi connectivity index (χ4v) is 6.75. The van der Waals surface area contributed by atoms with Gasteiger partial charge in [0.15, 0.2) is 0 Å². The van der Waals surface area contributed by atoms with E-state index in [1.165, 1.54) is 18.2 Å². The predicted molar refractivity (Wildman–Crippen MR) is 196 cm³/mol. The highest BCUT2D eigenvalue weighted by molar-refractivity contribution is 5.82. The quantitative estimate of drug-likeness (QED) is 0.152. The van der Waals surface area contributed by atoms with Crippen molar-refractivity contribution < 1.29 is 13.5 Å². The van der Waals surface area contributed by atoms with Crippen LogP contribution in [-0.4, -0.2) is 51.1 Å². The number of nitrogens with zero attached hydrogens (tertiary/aromatic N) is 6. The largest absolute Gasteiger partial charge is 0.438 e. The van der Waals surface area contributed by atoms with Gasteiger partial charge in [0.1, 0.15) is 23.1 Å². The fraction of sp³-hybridized carbons (Fsp3) is 0.167. The summed E-state index contributed by atoms with van der Waals surface area (Å²) in [7, 11) is 0. The van der Waals surface area contributed by atoms with Crippen molar-refractivity contribution in [3.63, 3.8) is 0 Å². The maximum absolute atomic E-state index is 14.8. The topological polar surface area (TPSA) is 59.3 Å². The number of piperazine rings is 1. The van der Waals surface area contributed by atoms with E-state index in [0.717, 1.165) is 76.4 Å². The third kappa shape index (κ3) is 7.07. The molecule has 51 heavy (non-hydrogen) atoms. The maximum atomic E-state index is 14.8. The zero-order valence-corrected chi connectivity index (χ0v) is 28.2. The molecule has 0 bridgehead atoms. The summed E-state index contributed by atoms with van der Waals surface area (Å²) >= 11 is 0. The smallest absolute Gasteiger partial charge is 0.223 e. The molecule has 0 spiro atoms. The number of hydrogen-bond acceptors (Lipinski definition) is 6. The van der Waals surface area contributed by atoms with Crippen molar-refractivity contribution in [2.24, 2.45) is 0 Å². The minimum atomic E-state index is -0.318. The van der Waals surface area contributed by atoms with Gasteiger partial charge in [0, 0.05) is 66.4 Å². The van der Waals surface area contributed by atoms with Crippen LogP contribution in [0.4, 0.5) is 14.5 Å². The molecule has 3 heterocycles. The molecule has 5 aromatic carbocycles. The SMILES string of the molecule is CC(c1cc(F)ccc1Oc1nc2ccc(-n3cc(-c4ccccc4)nn3)cc2cc1Cc1ccccc1)N1CCN(c2ccc(F)cc2)CC1. The van der Waals surface area contributed by atoms with Crippen molar-refractivity contribution in [2.75, 3.05) is 31.1 Å². The second-order valence-corrected chi connectivity index (χ2v) is 12.9. The van der Waals surface area contributed by atoms with Crippen molar-refractivity contribution in [2.45, 2.75) is 19.4 Å². The van der Waals surface area contributed by atoms with E-state index < -0.39 is 0 Å². The van der Waals surface area contributed by atoms with Crippen molar-refractivity contribution in [1.29, 1.82) is 0 Å². The average Bonchev–Trinajstić information content (AvgIpc) is 3.67. The van der Waals surface area contributed by atoms with Gasteiger partial charge >= 0.3 is 0 Å². The lowest BCUT2D eigenvalue weighted by Crippen LogP contribution is -2.47. The molecule has 1 aliphatic rings. The van der Waals surface area contributed by atoms with Gasteiger partial charge in [-0.15, -0.1) is 5.10 Å². The Morgan fingerprint density at radius 3 is 2.20 bits per heavy atom. The van der Waals surface area contributed by atoms with E-state index in [1.807, 2.05) is 79.0 Å². The van der Waals surface area contributed by atoms with Crippen LogP contribution in [0.1, 0.15) is 29.7 Å². The Morgan fingerprint density at radius 1 is 0.725 bits per heavy atom. The van der Waals surface area contributed by atoms with E-state index in [0.29, 0.717) is 18.1 Å². The first-order valence-corrected chi connectivity index (χ1v) is 17.1. The standard InChI is InChI=1S/C42H36F2N6O/c1-29(48-20-22-49(23-21-48)36-15-12-34(43)13-16-36)38-27-35(44)14-19-41(38)51-42-33(24-30-8-4-2-5-9-30)25-32-26-37(17-18-39(32)45-42)50-28-40(46-47-50)31-10-6-3-7-11-31/h2-19,25-29H,20-24H2,1H3. The van der Waals surface area contributed by atoms with E-state index in [-0.39, 0.29) is 17.7 Å². The van der Waals surface area contributed by atoms with Crippen LogP contribution in [0, 0.1) is 11.6 Å². The van der Waals surface area contributed by atoms with Crippen LogP contribution in [0.5, 0.6) is 11.6 Å². The summed E-state index contributed by atoms with van der Waals surface area (Å²) in [5, 5.41) is 9.73. The Hall–Kier alpha value is -5.93. The number of rotatable bonds is 9. The molecule has 0 saturated carbocycles. The summed E-state index contributed by atoms with van der Waals surface area (Å²) < 4.78 is 36.8. The van der Waals surface area contributed by atoms with E-state index in [4.69, 9.17) is 9.72 Å². The van der Waals surface area contributed by atoms with Gasteiger partial charge in [-0.2, -0.15) is 0 Å². The molecule has 9 heteroatoms. The van der Waals surface area contributed by atoms with Crippen LogP contribution in [0.25, 0.3) is 27.8 Å². The van der Waals surface area contributed by atoms with Gasteiger partial charge in [-0.05, 0) is 79.2 Å². The lowest BCUT2D eigenvalue weighted by molar-refractivity contribution is 0.195. The Labute approximate surface area is 295 Å². The molecule has 7 nitrogen and oxygen atoms in total. The van der Waals surface area contributed by atoms with Crippen LogP contribution in [0.3, 0.4) is 0 Å². The molecule has 0 N–H and O–H groups in total. The third-order valence-electron chi connectivity index (χ3n) is 9.58. The van der Waals surface area contributed by atoms with Crippen LogP contribution in [0.15, 0.2) is 134 Å². The lowest BCUT2D eigenvalue weighted by Gasteiger charge is -2.39.